The highest BCUT2D eigenvalue weighted by Gasteiger charge is 2.21. The van der Waals surface area contributed by atoms with Crippen molar-refractivity contribution in [1.29, 1.82) is 0 Å². The largest absolute Gasteiger partial charge is 0.507 e. The van der Waals surface area contributed by atoms with Crippen molar-refractivity contribution in [2.75, 3.05) is 0 Å². The predicted octanol–water partition coefficient (Wildman–Crippen LogP) is 8.63. The minimum Gasteiger partial charge on any atom is -0.507 e. The first-order chi connectivity index (χ1) is 19.3. The van der Waals surface area contributed by atoms with Gasteiger partial charge >= 0.3 is 0 Å². The summed E-state index contributed by atoms with van der Waals surface area (Å²) in [4.78, 5) is 14.5. The van der Waals surface area contributed by atoms with Gasteiger partial charge in [0.2, 0.25) is 0 Å². The van der Waals surface area contributed by atoms with E-state index >= 15 is 0 Å². The van der Waals surface area contributed by atoms with Crippen molar-refractivity contribution >= 4 is 17.0 Å². The van der Waals surface area contributed by atoms with E-state index in [1.807, 2.05) is 45.9 Å². The van der Waals surface area contributed by atoms with Crippen molar-refractivity contribution in [2.45, 2.75) is 60.9 Å². The number of unbranched alkanes of at least 4 members (excludes halogenated alkanes) is 1. The van der Waals surface area contributed by atoms with Crippen molar-refractivity contribution in [2.24, 2.45) is 0 Å². The normalized spacial score (nSPS) is 10.8. The molecule has 2 N–H and O–H groups in total. The van der Waals surface area contributed by atoms with Gasteiger partial charge in [-0.05, 0) is 68.1 Å². The molecule has 6 heteroatoms. The van der Waals surface area contributed by atoms with Gasteiger partial charge in [-0.25, -0.2) is 15.0 Å². The fourth-order valence-corrected chi connectivity index (χ4v) is 4.80. The molecule has 5 aromatic rings. The third-order valence-electron chi connectivity index (χ3n) is 7.08. The topological polar surface area (TPSA) is 84.1 Å². The first-order valence-corrected chi connectivity index (χ1v) is 13.9. The number of hydrogen-bond acceptors (Lipinski definition) is 5. The third-order valence-corrected chi connectivity index (χ3v) is 7.08. The molecule has 0 radical (unpaired) electrons. The maximum absolute atomic E-state index is 11.1. The molecule has 0 aliphatic heterocycles. The minimum atomic E-state index is 0.0974. The first-order valence-electron chi connectivity index (χ1n) is 13.9. The second-order valence-electron chi connectivity index (χ2n) is 9.77. The van der Waals surface area contributed by atoms with E-state index < -0.39 is 0 Å². The number of aryl methyl sites for hydroxylation is 3. The van der Waals surface area contributed by atoms with Gasteiger partial charge in [0.05, 0.1) is 11.1 Å². The standard InChI is InChI=1S/C32H32N4O2.C2H6/c1-6-8-16-36-18-26(25-17-19(3)12-15-27(25)36)32-34-30(23-11-9-10-20(4)28(23)37)33-31(35-32)24-14-13-22(7-2)21(5)29(24)38;1-2/h7,9-15,17-18,37-38H,2,6,8,16H2,1,3-5H3;1-2H3. The van der Waals surface area contributed by atoms with Crippen molar-refractivity contribution in [1.82, 2.24) is 19.5 Å². The lowest BCUT2D eigenvalue weighted by Gasteiger charge is -2.12. The van der Waals surface area contributed by atoms with Crippen LogP contribution < -0.4 is 0 Å². The van der Waals surface area contributed by atoms with Crippen molar-refractivity contribution in [3.8, 4) is 45.7 Å². The highest BCUT2D eigenvalue weighted by molar-refractivity contribution is 5.95. The van der Waals surface area contributed by atoms with E-state index in [0.717, 1.165) is 52.5 Å². The number of phenolic OH excluding ortho intramolecular Hbond substituents is 2. The van der Waals surface area contributed by atoms with Gasteiger partial charge in [0.1, 0.15) is 11.5 Å². The van der Waals surface area contributed by atoms with Gasteiger partial charge in [-0.1, -0.05) is 69.7 Å². The van der Waals surface area contributed by atoms with Crippen molar-refractivity contribution in [3.63, 3.8) is 0 Å². The van der Waals surface area contributed by atoms with E-state index in [2.05, 4.69) is 49.4 Å². The third kappa shape index (κ3) is 5.34. The van der Waals surface area contributed by atoms with Gasteiger partial charge in [-0.3, -0.25) is 0 Å². The Kier molecular flexibility index (Phi) is 8.68. The SMILES string of the molecule is C=Cc1ccc(-c2nc(-c3cccc(C)c3O)nc(-c3cn(CCCC)c4ccc(C)cc34)n2)c(O)c1C.CC. The van der Waals surface area contributed by atoms with E-state index in [4.69, 9.17) is 15.0 Å². The molecule has 5 rings (SSSR count). The molecule has 0 saturated carbocycles. The van der Waals surface area contributed by atoms with Gasteiger partial charge in [0.15, 0.2) is 17.5 Å². The van der Waals surface area contributed by atoms with Gasteiger partial charge in [-0.15, -0.1) is 0 Å². The Morgan fingerprint density at radius 3 is 2.12 bits per heavy atom. The van der Waals surface area contributed by atoms with Crippen molar-refractivity contribution in [3.05, 3.63) is 83.6 Å². The predicted molar refractivity (Wildman–Crippen MR) is 166 cm³/mol. The fraction of sp³-hybridized carbons (Fsp3) is 0.265. The van der Waals surface area contributed by atoms with Crippen LogP contribution in [0.3, 0.4) is 0 Å². The zero-order chi connectivity index (χ0) is 29.0. The van der Waals surface area contributed by atoms with Crippen LogP contribution in [0.5, 0.6) is 11.5 Å². The number of fused-ring (bicyclic) bond motifs is 1. The van der Waals surface area contributed by atoms with Gasteiger partial charge in [-0.2, -0.15) is 0 Å². The number of aromatic hydroxyl groups is 2. The molecule has 2 aromatic heterocycles. The first kappa shape index (κ1) is 28.6. The molecule has 0 amide bonds. The number of aromatic nitrogens is 4. The average Bonchev–Trinajstić information content (AvgIpc) is 3.33. The van der Waals surface area contributed by atoms with Gasteiger partial charge < -0.3 is 14.8 Å². The molecule has 40 heavy (non-hydrogen) atoms. The second kappa shape index (κ2) is 12.2. The summed E-state index contributed by atoms with van der Waals surface area (Å²) in [6.45, 7) is 16.7. The highest BCUT2D eigenvalue weighted by atomic mass is 16.3. The summed E-state index contributed by atoms with van der Waals surface area (Å²) in [6.07, 6.45) is 5.96. The smallest absolute Gasteiger partial charge is 0.167 e. The molecule has 0 spiro atoms. The number of phenols is 2. The fourth-order valence-electron chi connectivity index (χ4n) is 4.80. The van der Waals surface area contributed by atoms with Gasteiger partial charge in [0.25, 0.3) is 0 Å². The molecule has 0 saturated heterocycles. The summed E-state index contributed by atoms with van der Waals surface area (Å²) < 4.78 is 2.25. The Hall–Kier alpha value is -4.45. The maximum Gasteiger partial charge on any atom is 0.167 e. The van der Waals surface area contributed by atoms with Crippen LogP contribution in [0.15, 0.2) is 61.3 Å². The number of para-hydroxylation sites is 1. The van der Waals surface area contributed by atoms with Crippen LogP contribution in [0.4, 0.5) is 0 Å². The number of hydrogen-bond donors (Lipinski definition) is 2. The Labute approximate surface area is 236 Å². The van der Waals surface area contributed by atoms with E-state index in [1.54, 1.807) is 18.2 Å². The molecule has 0 fully saturated rings. The quantitative estimate of drug-likeness (QED) is 0.218. The highest BCUT2D eigenvalue weighted by Crippen LogP contribution is 2.37. The Morgan fingerprint density at radius 2 is 1.48 bits per heavy atom. The van der Waals surface area contributed by atoms with E-state index in [-0.39, 0.29) is 11.5 Å². The Balaban J connectivity index is 0.00000181. The number of nitrogens with zero attached hydrogens (tertiary/aromatic N) is 4. The Morgan fingerprint density at radius 1 is 0.825 bits per heavy atom. The monoisotopic (exact) mass is 534 g/mol. The van der Waals surface area contributed by atoms with E-state index in [1.165, 1.54) is 0 Å². The molecule has 0 atom stereocenters. The summed E-state index contributed by atoms with van der Waals surface area (Å²) in [5.74, 6) is 1.39. The number of benzene rings is 3. The van der Waals surface area contributed by atoms with E-state index in [9.17, 15) is 10.2 Å². The molecule has 0 aliphatic carbocycles. The maximum atomic E-state index is 11.1. The van der Waals surface area contributed by atoms with Crippen LogP contribution in [-0.4, -0.2) is 29.7 Å². The molecule has 2 heterocycles. The molecule has 6 nitrogen and oxygen atoms in total. The van der Waals surface area contributed by atoms with Crippen molar-refractivity contribution < 1.29 is 10.2 Å². The lowest BCUT2D eigenvalue weighted by Crippen LogP contribution is -2.01. The zero-order valence-corrected chi connectivity index (χ0v) is 24.3. The second-order valence-corrected chi connectivity index (χ2v) is 9.77. The lowest BCUT2D eigenvalue weighted by atomic mass is 10.0. The molecular weight excluding hydrogens is 496 g/mol. The zero-order valence-electron chi connectivity index (χ0n) is 24.3. The van der Waals surface area contributed by atoms with Crippen LogP contribution in [0.1, 0.15) is 55.9 Å². The van der Waals surface area contributed by atoms with E-state index in [0.29, 0.717) is 34.2 Å². The van der Waals surface area contributed by atoms with Crippen LogP contribution in [0.2, 0.25) is 0 Å². The summed E-state index contributed by atoms with van der Waals surface area (Å²) >= 11 is 0. The molecular formula is C34H38N4O2. The van der Waals surface area contributed by atoms with Crippen LogP contribution >= 0.6 is 0 Å². The Bertz CT molecular complexity index is 1680. The average molecular weight is 535 g/mol. The summed E-state index contributed by atoms with van der Waals surface area (Å²) in [6, 6.07) is 15.6. The van der Waals surface area contributed by atoms with Crippen LogP contribution in [0, 0.1) is 20.8 Å². The van der Waals surface area contributed by atoms with Crippen LogP contribution in [-0.2, 0) is 6.54 Å². The lowest BCUT2D eigenvalue weighted by molar-refractivity contribution is 0.472. The van der Waals surface area contributed by atoms with Gasteiger partial charge in [0, 0.05) is 29.2 Å². The molecule has 0 unspecified atom stereocenters. The summed E-state index contributed by atoms with van der Waals surface area (Å²) in [5, 5.41) is 23.0. The summed E-state index contributed by atoms with van der Waals surface area (Å²) in [5.41, 5.74) is 6.43. The number of rotatable bonds is 7. The molecule has 0 aliphatic rings. The molecule has 206 valence electrons. The minimum absolute atomic E-state index is 0.0974. The van der Waals surface area contributed by atoms with Crippen LogP contribution in [0.25, 0.3) is 51.1 Å². The molecule has 0 bridgehead atoms. The summed E-state index contributed by atoms with van der Waals surface area (Å²) in [7, 11) is 0. The molecule has 3 aromatic carbocycles.